The highest BCUT2D eigenvalue weighted by molar-refractivity contribution is 5.76. The summed E-state index contributed by atoms with van der Waals surface area (Å²) in [6.45, 7) is 3.55. The number of anilines is 2. The van der Waals surface area contributed by atoms with Crippen molar-refractivity contribution in [1.82, 2.24) is 4.98 Å². The fourth-order valence-corrected chi connectivity index (χ4v) is 3.65. The van der Waals surface area contributed by atoms with Gasteiger partial charge in [-0.2, -0.15) is 13.2 Å². The van der Waals surface area contributed by atoms with Crippen LogP contribution in [-0.4, -0.2) is 30.7 Å². The fourth-order valence-electron chi connectivity index (χ4n) is 3.65. The number of H-pyrrole nitrogens is 1. The normalized spacial score (nSPS) is 18.5. The first kappa shape index (κ1) is 20.3. The van der Waals surface area contributed by atoms with Crippen molar-refractivity contribution >= 4 is 11.4 Å². The summed E-state index contributed by atoms with van der Waals surface area (Å²) in [5.41, 5.74) is -4.23. The Morgan fingerprint density at radius 2 is 1.79 bits per heavy atom. The van der Waals surface area contributed by atoms with Gasteiger partial charge >= 0.3 is 6.18 Å². The molecular formula is C19H20F4N2O3. The third kappa shape index (κ3) is 3.29. The van der Waals surface area contributed by atoms with Crippen LogP contribution in [-0.2, 0) is 14.9 Å². The minimum absolute atomic E-state index is 0.00896. The lowest BCUT2D eigenvalue weighted by atomic mass is 9.68. The summed E-state index contributed by atoms with van der Waals surface area (Å²) in [4.78, 5) is 14.6. The molecule has 0 saturated heterocycles. The Morgan fingerprint density at radius 1 is 1.11 bits per heavy atom. The second kappa shape index (κ2) is 7.56. The van der Waals surface area contributed by atoms with Crippen LogP contribution in [0.1, 0.15) is 31.4 Å². The zero-order chi connectivity index (χ0) is 20.5. The highest BCUT2D eigenvalue weighted by Crippen LogP contribution is 2.56. The number of aromatic nitrogens is 1. The third-order valence-corrected chi connectivity index (χ3v) is 4.78. The van der Waals surface area contributed by atoms with E-state index in [4.69, 9.17) is 9.47 Å². The SMILES string of the molecule is CCOC(CC1(C(F)(F)F)c2cc(F)ccc2Nc2c1cc[nH]c2=O)OCC. The largest absolute Gasteiger partial charge is 0.402 e. The Hall–Kier alpha value is -2.39. The summed E-state index contributed by atoms with van der Waals surface area (Å²) >= 11 is 0. The summed E-state index contributed by atoms with van der Waals surface area (Å²) in [7, 11) is 0. The minimum atomic E-state index is -4.85. The van der Waals surface area contributed by atoms with Crippen LogP contribution < -0.4 is 10.9 Å². The molecule has 0 fully saturated rings. The Morgan fingerprint density at radius 3 is 2.39 bits per heavy atom. The predicted molar refractivity (Wildman–Crippen MR) is 95.2 cm³/mol. The van der Waals surface area contributed by atoms with Crippen molar-refractivity contribution in [1.29, 1.82) is 0 Å². The summed E-state index contributed by atoms with van der Waals surface area (Å²) < 4.78 is 68.8. The van der Waals surface area contributed by atoms with Gasteiger partial charge in [-0.15, -0.1) is 0 Å². The minimum Gasteiger partial charge on any atom is -0.353 e. The third-order valence-electron chi connectivity index (χ3n) is 4.78. The number of halogens is 4. The number of aromatic amines is 1. The lowest BCUT2D eigenvalue weighted by Gasteiger charge is -2.43. The molecule has 1 aromatic carbocycles. The number of pyridine rings is 1. The summed E-state index contributed by atoms with van der Waals surface area (Å²) in [6.07, 6.45) is -5.57. The number of hydrogen-bond donors (Lipinski definition) is 2. The maximum absolute atomic E-state index is 14.7. The van der Waals surface area contributed by atoms with Crippen LogP contribution in [0.5, 0.6) is 0 Å². The van der Waals surface area contributed by atoms with Gasteiger partial charge in [0, 0.05) is 37.1 Å². The van der Waals surface area contributed by atoms with Gasteiger partial charge in [-0.05, 0) is 43.7 Å². The number of ether oxygens (including phenoxy) is 2. The molecule has 0 aliphatic carbocycles. The smallest absolute Gasteiger partial charge is 0.353 e. The lowest BCUT2D eigenvalue weighted by Crippen LogP contribution is -2.50. The van der Waals surface area contributed by atoms with Crippen molar-refractivity contribution in [2.24, 2.45) is 0 Å². The zero-order valence-electron chi connectivity index (χ0n) is 15.3. The molecule has 5 nitrogen and oxygen atoms in total. The Bertz CT molecular complexity index is 907. The topological polar surface area (TPSA) is 63.3 Å². The maximum Gasteiger partial charge on any atom is 0.402 e. The van der Waals surface area contributed by atoms with E-state index in [0.717, 1.165) is 18.3 Å². The van der Waals surface area contributed by atoms with Gasteiger partial charge in [0.05, 0.1) is 0 Å². The predicted octanol–water partition coefficient (Wildman–Crippen LogP) is 4.21. The molecule has 1 aromatic heterocycles. The molecule has 0 radical (unpaired) electrons. The number of rotatable bonds is 6. The first-order valence-electron chi connectivity index (χ1n) is 8.83. The van der Waals surface area contributed by atoms with Crippen LogP contribution in [0, 0.1) is 5.82 Å². The van der Waals surface area contributed by atoms with Gasteiger partial charge in [0.2, 0.25) is 0 Å². The van der Waals surface area contributed by atoms with E-state index in [1.165, 1.54) is 12.1 Å². The van der Waals surface area contributed by atoms with Crippen molar-refractivity contribution in [3.63, 3.8) is 0 Å². The monoisotopic (exact) mass is 400 g/mol. The summed E-state index contributed by atoms with van der Waals surface area (Å²) in [5.74, 6) is -0.813. The molecule has 9 heteroatoms. The molecule has 1 aliphatic heterocycles. The molecule has 2 aromatic rings. The number of nitrogens with one attached hydrogen (secondary N) is 2. The highest BCUT2D eigenvalue weighted by atomic mass is 19.4. The van der Waals surface area contributed by atoms with Gasteiger partial charge in [-0.3, -0.25) is 4.79 Å². The Kier molecular flexibility index (Phi) is 5.49. The quantitative estimate of drug-likeness (QED) is 0.563. The Balaban J connectivity index is 2.33. The van der Waals surface area contributed by atoms with Gasteiger partial charge in [-0.1, -0.05) is 0 Å². The van der Waals surface area contributed by atoms with Crippen molar-refractivity contribution < 1.29 is 27.0 Å². The number of fused-ring (bicyclic) bond motifs is 2. The second-order valence-corrected chi connectivity index (χ2v) is 6.36. The maximum atomic E-state index is 14.7. The van der Waals surface area contributed by atoms with Crippen LogP contribution in [0.15, 0.2) is 35.3 Å². The Labute approximate surface area is 158 Å². The van der Waals surface area contributed by atoms with E-state index in [9.17, 15) is 22.4 Å². The zero-order valence-corrected chi connectivity index (χ0v) is 15.3. The van der Waals surface area contributed by atoms with E-state index in [2.05, 4.69) is 10.3 Å². The van der Waals surface area contributed by atoms with E-state index >= 15 is 0 Å². The van der Waals surface area contributed by atoms with Crippen LogP contribution in [0.2, 0.25) is 0 Å². The molecule has 1 aliphatic rings. The molecule has 2 heterocycles. The first-order chi connectivity index (χ1) is 13.2. The molecule has 0 saturated carbocycles. The van der Waals surface area contributed by atoms with Crippen molar-refractivity contribution in [2.75, 3.05) is 18.5 Å². The standard InChI is InChI=1S/C19H20F4N2O3/c1-3-27-15(28-4-2)10-18(19(21,22)23)12-7-8-24-17(26)16(12)25-14-6-5-11(20)9-13(14)18/h5-9,15,25H,3-4,10H2,1-2H3,(H,24,26). The molecule has 0 amide bonds. The average Bonchev–Trinajstić information content (AvgIpc) is 2.62. The van der Waals surface area contributed by atoms with Crippen LogP contribution in [0.4, 0.5) is 28.9 Å². The van der Waals surface area contributed by atoms with E-state index in [0.29, 0.717) is 0 Å². The molecule has 2 N–H and O–H groups in total. The summed E-state index contributed by atoms with van der Waals surface area (Å²) in [5, 5.41) is 2.71. The molecule has 1 unspecified atom stereocenters. The second-order valence-electron chi connectivity index (χ2n) is 6.36. The van der Waals surface area contributed by atoms with Gasteiger partial charge in [-0.25, -0.2) is 4.39 Å². The molecular weight excluding hydrogens is 380 g/mol. The molecule has 28 heavy (non-hydrogen) atoms. The van der Waals surface area contributed by atoms with Gasteiger partial charge in [0.25, 0.3) is 5.56 Å². The van der Waals surface area contributed by atoms with Gasteiger partial charge in [0.1, 0.15) is 16.9 Å². The van der Waals surface area contributed by atoms with Crippen molar-refractivity contribution in [2.45, 2.75) is 38.1 Å². The van der Waals surface area contributed by atoms with Crippen LogP contribution in [0.25, 0.3) is 0 Å². The lowest BCUT2D eigenvalue weighted by molar-refractivity contribution is -0.213. The molecule has 152 valence electrons. The molecule has 0 bridgehead atoms. The number of alkyl halides is 3. The van der Waals surface area contributed by atoms with Crippen LogP contribution >= 0.6 is 0 Å². The number of benzene rings is 1. The average molecular weight is 400 g/mol. The molecule has 3 rings (SSSR count). The molecule has 1 atom stereocenters. The number of hydrogen-bond acceptors (Lipinski definition) is 4. The van der Waals surface area contributed by atoms with E-state index < -0.39 is 35.7 Å². The van der Waals surface area contributed by atoms with Gasteiger partial charge < -0.3 is 19.8 Å². The van der Waals surface area contributed by atoms with E-state index in [1.807, 2.05) is 0 Å². The van der Waals surface area contributed by atoms with Crippen molar-refractivity contribution in [3.8, 4) is 0 Å². The molecule has 0 spiro atoms. The van der Waals surface area contributed by atoms with Crippen LogP contribution in [0.3, 0.4) is 0 Å². The van der Waals surface area contributed by atoms with E-state index in [-0.39, 0.29) is 35.7 Å². The first-order valence-corrected chi connectivity index (χ1v) is 8.83. The summed E-state index contributed by atoms with van der Waals surface area (Å²) in [6, 6.07) is 4.25. The van der Waals surface area contributed by atoms with Crippen molar-refractivity contribution in [3.05, 3.63) is 57.8 Å². The van der Waals surface area contributed by atoms with Gasteiger partial charge in [0.15, 0.2) is 6.29 Å². The highest BCUT2D eigenvalue weighted by Gasteiger charge is 2.61. The fraction of sp³-hybridized carbons (Fsp3) is 0.421. The van der Waals surface area contributed by atoms with E-state index in [1.54, 1.807) is 13.8 Å².